The van der Waals surface area contributed by atoms with Crippen molar-refractivity contribution in [3.8, 4) is 22.6 Å². The molecule has 0 radical (unpaired) electrons. The molecular weight excluding hydrogens is 468 g/mol. The van der Waals surface area contributed by atoms with E-state index in [0.717, 1.165) is 22.3 Å². The summed E-state index contributed by atoms with van der Waals surface area (Å²) >= 11 is 5.35. The minimum Gasteiger partial charge on any atom is -0.457 e. The molecule has 5 nitrogen and oxygen atoms in total. The molecule has 0 aromatic heterocycles. The molecule has 4 aromatic carbocycles. The van der Waals surface area contributed by atoms with E-state index >= 15 is 0 Å². The lowest BCUT2D eigenvalue weighted by molar-refractivity contribution is -0.122. The van der Waals surface area contributed by atoms with Crippen LogP contribution >= 0.6 is 12.2 Å². The maximum atomic E-state index is 13.5. The number of benzene rings is 4. The second-order valence-electron chi connectivity index (χ2n) is 8.27. The Morgan fingerprint density at radius 2 is 1.36 bits per heavy atom. The molecule has 0 bridgehead atoms. The van der Waals surface area contributed by atoms with Gasteiger partial charge in [0.15, 0.2) is 5.11 Å². The maximum absolute atomic E-state index is 13.5. The number of hydrogen-bond acceptors (Lipinski definition) is 4. The minimum atomic E-state index is -0.523. The van der Waals surface area contributed by atoms with E-state index in [0.29, 0.717) is 17.2 Å². The van der Waals surface area contributed by atoms with E-state index in [1.165, 1.54) is 4.90 Å². The van der Waals surface area contributed by atoms with Crippen LogP contribution in [0.1, 0.15) is 11.1 Å². The molecule has 6 heteroatoms. The summed E-state index contributed by atoms with van der Waals surface area (Å²) in [6, 6.07) is 32.1. The number of anilines is 1. The van der Waals surface area contributed by atoms with Crippen molar-refractivity contribution in [2.45, 2.75) is 6.92 Å². The minimum absolute atomic E-state index is 0.00856. The molecule has 1 aliphatic heterocycles. The summed E-state index contributed by atoms with van der Waals surface area (Å²) in [5.41, 5.74) is 4.38. The van der Waals surface area contributed by atoms with Crippen LogP contribution in [0, 0.1) is 6.92 Å². The Morgan fingerprint density at radius 3 is 2.08 bits per heavy atom. The summed E-state index contributed by atoms with van der Waals surface area (Å²) in [5.74, 6) is 0.317. The van der Waals surface area contributed by atoms with Gasteiger partial charge in [-0.3, -0.25) is 19.8 Å². The highest BCUT2D eigenvalue weighted by atomic mass is 32.1. The summed E-state index contributed by atoms with van der Waals surface area (Å²) in [7, 11) is 0. The SMILES string of the molecule is Cc1ccccc1-c1ccccc1C=C1C(=O)NC(=S)N(c2ccc(Oc3ccccc3)cc2)C1=O. The van der Waals surface area contributed by atoms with Crippen molar-refractivity contribution >= 4 is 40.9 Å². The first-order chi connectivity index (χ1) is 17.5. The lowest BCUT2D eigenvalue weighted by atomic mass is 9.94. The molecule has 0 atom stereocenters. The van der Waals surface area contributed by atoms with Gasteiger partial charge in [0, 0.05) is 0 Å². The van der Waals surface area contributed by atoms with Crippen molar-refractivity contribution in [1.29, 1.82) is 0 Å². The van der Waals surface area contributed by atoms with Crippen LogP contribution in [0.25, 0.3) is 17.2 Å². The number of aryl methyl sites for hydroxylation is 1. The normalized spacial score (nSPS) is 14.6. The molecule has 1 fully saturated rings. The average molecular weight is 491 g/mol. The number of para-hydroxylation sites is 1. The fourth-order valence-corrected chi connectivity index (χ4v) is 4.36. The monoisotopic (exact) mass is 490 g/mol. The highest BCUT2D eigenvalue weighted by molar-refractivity contribution is 7.80. The fourth-order valence-electron chi connectivity index (χ4n) is 4.08. The zero-order valence-corrected chi connectivity index (χ0v) is 20.3. The van der Waals surface area contributed by atoms with Gasteiger partial charge in [0.05, 0.1) is 5.69 Å². The highest BCUT2D eigenvalue weighted by Gasteiger charge is 2.34. The van der Waals surface area contributed by atoms with Gasteiger partial charge < -0.3 is 4.74 Å². The van der Waals surface area contributed by atoms with Crippen LogP contribution < -0.4 is 15.0 Å². The summed E-state index contributed by atoms with van der Waals surface area (Å²) in [6.07, 6.45) is 1.63. The predicted octanol–water partition coefficient (Wildman–Crippen LogP) is 6.29. The van der Waals surface area contributed by atoms with E-state index in [9.17, 15) is 9.59 Å². The number of rotatable bonds is 5. The molecule has 4 aromatic rings. The van der Waals surface area contributed by atoms with Crippen molar-refractivity contribution in [1.82, 2.24) is 5.32 Å². The van der Waals surface area contributed by atoms with Gasteiger partial charge in [-0.2, -0.15) is 0 Å². The third kappa shape index (κ3) is 4.67. The van der Waals surface area contributed by atoms with Crippen LogP contribution in [-0.2, 0) is 9.59 Å². The zero-order chi connectivity index (χ0) is 25.1. The molecule has 1 aliphatic rings. The van der Waals surface area contributed by atoms with E-state index in [-0.39, 0.29) is 10.7 Å². The molecule has 0 aliphatic carbocycles. The Balaban J connectivity index is 1.47. The molecular formula is C30H22N2O3S. The van der Waals surface area contributed by atoms with Crippen LogP contribution in [0.4, 0.5) is 5.69 Å². The molecule has 1 heterocycles. The van der Waals surface area contributed by atoms with Gasteiger partial charge >= 0.3 is 0 Å². The molecule has 0 spiro atoms. The van der Waals surface area contributed by atoms with E-state index in [1.807, 2.05) is 85.8 Å². The summed E-state index contributed by atoms with van der Waals surface area (Å²) < 4.78 is 5.84. The van der Waals surface area contributed by atoms with E-state index < -0.39 is 11.8 Å². The number of amides is 2. The first-order valence-electron chi connectivity index (χ1n) is 11.4. The molecule has 1 saturated heterocycles. The van der Waals surface area contributed by atoms with Crippen molar-refractivity contribution in [2.75, 3.05) is 4.90 Å². The predicted molar refractivity (Wildman–Crippen MR) is 146 cm³/mol. The standard InChI is InChI=1S/C30H22N2O3S/c1-20-9-5-7-13-25(20)26-14-8-6-10-21(26)19-27-28(33)31-30(36)32(29(27)34)22-15-17-24(18-16-22)35-23-11-3-2-4-12-23/h2-19H,1H3,(H,31,33,36). The maximum Gasteiger partial charge on any atom is 0.270 e. The third-order valence-electron chi connectivity index (χ3n) is 5.87. The van der Waals surface area contributed by atoms with E-state index in [1.54, 1.807) is 30.3 Å². The molecule has 5 rings (SSSR count). The summed E-state index contributed by atoms with van der Waals surface area (Å²) in [6.45, 7) is 2.03. The number of carbonyl (C=O) groups is 2. The van der Waals surface area contributed by atoms with E-state index in [4.69, 9.17) is 17.0 Å². The molecule has 1 N–H and O–H groups in total. The van der Waals surface area contributed by atoms with Gasteiger partial charge in [-0.1, -0.05) is 66.7 Å². The van der Waals surface area contributed by atoms with Gasteiger partial charge in [-0.25, -0.2) is 0 Å². The second-order valence-corrected chi connectivity index (χ2v) is 8.66. The topological polar surface area (TPSA) is 58.6 Å². The molecule has 0 unspecified atom stereocenters. The van der Waals surface area contributed by atoms with Crippen LogP contribution in [0.5, 0.6) is 11.5 Å². The molecule has 0 saturated carbocycles. The van der Waals surface area contributed by atoms with Gasteiger partial charge in [-0.05, 0) is 83.9 Å². The zero-order valence-electron chi connectivity index (χ0n) is 19.5. The number of nitrogens with one attached hydrogen (secondary N) is 1. The number of hydrogen-bond donors (Lipinski definition) is 1. The Morgan fingerprint density at radius 1 is 0.750 bits per heavy atom. The average Bonchev–Trinajstić information content (AvgIpc) is 2.89. The van der Waals surface area contributed by atoms with Gasteiger partial charge in [-0.15, -0.1) is 0 Å². The molecule has 36 heavy (non-hydrogen) atoms. The van der Waals surface area contributed by atoms with Crippen LogP contribution in [0.15, 0.2) is 109 Å². The number of thiocarbonyl (C=S) groups is 1. The Bertz CT molecular complexity index is 1490. The number of carbonyl (C=O) groups excluding carboxylic acids is 2. The summed E-state index contributed by atoms with van der Waals surface area (Å²) in [4.78, 5) is 27.7. The van der Waals surface area contributed by atoms with Crippen molar-refractivity contribution in [3.05, 3.63) is 120 Å². The van der Waals surface area contributed by atoms with Gasteiger partial charge in [0.2, 0.25) is 0 Å². The Kier molecular flexibility index (Phi) is 6.43. The Labute approximate surface area is 214 Å². The first-order valence-corrected chi connectivity index (χ1v) is 11.8. The molecule has 176 valence electrons. The summed E-state index contributed by atoms with van der Waals surface area (Å²) in [5, 5.41) is 2.69. The highest BCUT2D eigenvalue weighted by Crippen LogP contribution is 2.30. The van der Waals surface area contributed by atoms with Crippen LogP contribution in [0.2, 0.25) is 0 Å². The number of nitrogens with zero attached hydrogens (tertiary/aromatic N) is 1. The van der Waals surface area contributed by atoms with Gasteiger partial charge in [0.25, 0.3) is 11.8 Å². The lowest BCUT2D eigenvalue weighted by Gasteiger charge is -2.29. The Hall–Kier alpha value is -4.55. The smallest absolute Gasteiger partial charge is 0.270 e. The van der Waals surface area contributed by atoms with E-state index in [2.05, 4.69) is 5.32 Å². The van der Waals surface area contributed by atoms with Crippen molar-refractivity contribution in [3.63, 3.8) is 0 Å². The number of ether oxygens (including phenoxy) is 1. The fraction of sp³-hybridized carbons (Fsp3) is 0.0333. The third-order valence-corrected chi connectivity index (χ3v) is 6.16. The lowest BCUT2D eigenvalue weighted by Crippen LogP contribution is -2.54. The van der Waals surface area contributed by atoms with Crippen molar-refractivity contribution in [2.24, 2.45) is 0 Å². The van der Waals surface area contributed by atoms with Crippen LogP contribution in [0.3, 0.4) is 0 Å². The van der Waals surface area contributed by atoms with Crippen molar-refractivity contribution < 1.29 is 14.3 Å². The van der Waals surface area contributed by atoms with Crippen LogP contribution in [-0.4, -0.2) is 16.9 Å². The molecule has 2 amide bonds. The quantitative estimate of drug-likeness (QED) is 0.203. The van der Waals surface area contributed by atoms with Gasteiger partial charge in [0.1, 0.15) is 17.1 Å². The largest absolute Gasteiger partial charge is 0.457 e. The first kappa shape index (κ1) is 23.2. The second kappa shape index (κ2) is 9.98.